The number of hydrogen-bond acceptors (Lipinski definition) is 3. The highest BCUT2D eigenvalue weighted by molar-refractivity contribution is 5.96. The van der Waals surface area contributed by atoms with E-state index in [1.54, 1.807) is 0 Å². The van der Waals surface area contributed by atoms with Crippen molar-refractivity contribution >= 4 is 11.9 Å². The Morgan fingerprint density at radius 3 is 2.25 bits per heavy atom. The number of rotatable bonds is 1. The molecule has 112 valence electrons. The lowest BCUT2D eigenvalue weighted by Crippen LogP contribution is -2.56. The van der Waals surface area contributed by atoms with Crippen molar-refractivity contribution in [3.63, 3.8) is 0 Å². The number of piperidine rings is 1. The predicted octanol–water partition coefficient (Wildman–Crippen LogP) is 2.37. The Balaban J connectivity index is 1.90. The largest absolute Gasteiger partial charge is 0.448 e. The quantitative estimate of drug-likeness (QED) is 0.692. The van der Waals surface area contributed by atoms with Crippen molar-refractivity contribution in [2.45, 2.75) is 59.0 Å². The zero-order valence-electron chi connectivity index (χ0n) is 13.0. The first-order valence-corrected chi connectivity index (χ1v) is 7.77. The molecule has 0 radical (unpaired) electrons. The molecule has 2 aliphatic heterocycles. The molecule has 3 aliphatic rings. The minimum atomic E-state index is -0.917. The van der Waals surface area contributed by atoms with Crippen molar-refractivity contribution in [3.05, 3.63) is 0 Å². The molecule has 1 amide bonds. The second kappa shape index (κ2) is 3.99. The molecule has 0 aromatic heterocycles. The lowest BCUT2D eigenvalue weighted by Gasteiger charge is -2.41. The second-order valence-electron chi connectivity index (χ2n) is 7.65. The smallest absolute Gasteiger partial charge is 0.313 e. The highest BCUT2D eigenvalue weighted by Crippen LogP contribution is 2.66. The molecular formula is C16H25NO3. The fourth-order valence-electron chi connectivity index (χ4n) is 4.19. The third kappa shape index (κ3) is 1.43. The average molecular weight is 279 g/mol. The van der Waals surface area contributed by atoms with E-state index in [9.17, 15) is 9.59 Å². The molecule has 0 aromatic rings. The number of nitrogens with zero attached hydrogens (tertiary/aromatic N) is 1. The fraction of sp³-hybridized carbons (Fsp3) is 0.875. The van der Waals surface area contributed by atoms with Crippen LogP contribution in [0, 0.1) is 16.7 Å². The first-order valence-electron chi connectivity index (χ1n) is 7.77. The van der Waals surface area contributed by atoms with E-state index in [-0.39, 0.29) is 11.9 Å². The molecule has 0 N–H and O–H groups in total. The van der Waals surface area contributed by atoms with Gasteiger partial charge in [0.05, 0.1) is 5.41 Å². The van der Waals surface area contributed by atoms with Crippen molar-refractivity contribution in [3.8, 4) is 0 Å². The Bertz CT molecular complexity index is 464. The number of hydrogen-bond donors (Lipinski definition) is 0. The Hall–Kier alpha value is -1.06. The van der Waals surface area contributed by atoms with Gasteiger partial charge in [0.15, 0.2) is 5.60 Å². The Morgan fingerprint density at radius 2 is 1.80 bits per heavy atom. The summed E-state index contributed by atoms with van der Waals surface area (Å²) in [5, 5.41) is 0. The summed E-state index contributed by atoms with van der Waals surface area (Å²) in [4.78, 5) is 27.2. The summed E-state index contributed by atoms with van der Waals surface area (Å²) in [6.07, 6.45) is 3.53. The van der Waals surface area contributed by atoms with Gasteiger partial charge in [-0.1, -0.05) is 20.8 Å². The van der Waals surface area contributed by atoms with Crippen molar-refractivity contribution in [1.29, 1.82) is 0 Å². The molecule has 20 heavy (non-hydrogen) atoms. The van der Waals surface area contributed by atoms with E-state index in [1.165, 1.54) is 0 Å². The van der Waals surface area contributed by atoms with Crippen molar-refractivity contribution < 1.29 is 14.3 Å². The van der Waals surface area contributed by atoms with Gasteiger partial charge in [-0.25, -0.2) is 0 Å². The summed E-state index contributed by atoms with van der Waals surface area (Å²) in [6, 6.07) is 0. The van der Waals surface area contributed by atoms with Crippen LogP contribution in [-0.2, 0) is 14.3 Å². The maximum Gasteiger partial charge on any atom is 0.313 e. The van der Waals surface area contributed by atoms with Gasteiger partial charge in [0.2, 0.25) is 0 Å². The molecule has 4 nitrogen and oxygen atoms in total. The van der Waals surface area contributed by atoms with E-state index in [0.29, 0.717) is 12.3 Å². The monoisotopic (exact) mass is 279 g/mol. The number of carbonyl (C=O) groups excluding carboxylic acids is 2. The van der Waals surface area contributed by atoms with Crippen LogP contribution in [0.25, 0.3) is 0 Å². The molecule has 1 saturated carbocycles. The normalized spacial score (nSPS) is 40.0. The predicted molar refractivity (Wildman–Crippen MR) is 74.9 cm³/mol. The molecule has 0 spiro atoms. The van der Waals surface area contributed by atoms with E-state index in [1.807, 2.05) is 25.7 Å². The molecule has 3 fully saturated rings. The van der Waals surface area contributed by atoms with E-state index in [0.717, 1.165) is 32.4 Å². The van der Waals surface area contributed by atoms with Gasteiger partial charge in [-0.3, -0.25) is 9.59 Å². The molecule has 2 bridgehead atoms. The molecule has 0 unspecified atom stereocenters. The van der Waals surface area contributed by atoms with Gasteiger partial charge >= 0.3 is 5.97 Å². The van der Waals surface area contributed by atoms with E-state index in [4.69, 9.17) is 4.74 Å². The van der Waals surface area contributed by atoms with Crippen molar-refractivity contribution in [2.24, 2.45) is 16.7 Å². The van der Waals surface area contributed by atoms with Gasteiger partial charge < -0.3 is 9.64 Å². The average Bonchev–Trinajstić information content (AvgIpc) is 2.69. The van der Waals surface area contributed by atoms with Crippen molar-refractivity contribution in [2.75, 3.05) is 13.1 Å². The minimum absolute atomic E-state index is 0.0453. The number of ether oxygens (including phenoxy) is 1. The summed E-state index contributed by atoms with van der Waals surface area (Å²) in [7, 11) is 0. The van der Waals surface area contributed by atoms with Gasteiger partial charge in [0, 0.05) is 18.5 Å². The molecule has 3 rings (SSSR count). The summed E-state index contributed by atoms with van der Waals surface area (Å²) in [5.41, 5.74) is -1.84. The van der Waals surface area contributed by atoms with Gasteiger partial charge in [0.25, 0.3) is 5.91 Å². The van der Waals surface area contributed by atoms with Crippen LogP contribution in [0.4, 0.5) is 0 Å². The zero-order chi connectivity index (χ0) is 14.8. The molecule has 2 atom stereocenters. The summed E-state index contributed by atoms with van der Waals surface area (Å²) < 4.78 is 5.68. The molecule has 2 saturated heterocycles. The number of amides is 1. The highest BCUT2D eigenvalue weighted by Gasteiger charge is 2.76. The second-order valence-corrected chi connectivity index (χ2v) is 7.65. The number of likely N-dealkylation sites (tertiary alicyclic amines) is 1. The standard InChI is InChI=1S/C16H25NO3/c1-11-5-9-17(10-6-11)12(18)16-8-7-15(4,13(19)20-16)14(16,2)3/h11H,5-10H2,1-4H3/t15-,16-/m1/s1. The van der Waals surface area contributed by atoms with Gasteiger partial charge in [-0.05, 0) is 38.5 Å². The highest BCUT2D eigenvalue weighted by atomic mass is 16.6. The van der Waals surface area contributed by atoms with E-state index >= 15 is 0 Å². The summed E-state index contributed by atoms with van der Waals surface area (Å²) in [6.45, 7) is 9.82. The SMILES string of the molecule is CC1CCN(C(=O)[C@@]23CC[C@](C)(C(=O)O2)C3(C)C)CC1. The molecule has 2 heterocycles. The molecule has 1 aliphatic carbocycles. The first-order chi connectivity index (χ1) is 9.24. The van der Waals surface area contributed by atoms with Crippen LogP contribution in [0.1, 0.15) is 53.4 Å². The number of carbonyl (C=O) groups is 2. The van der Waals surface area contributed by atoms with Crippen LogP contribution < -0.4 is 0 Å². The number of fused-ring (bicyclic) bond motifs is 2. The van der Waals surface area contributed by atoms with Crippen LogP contribution in [0.15, 0.2) is 0 Å². The van der Waals surface area contributed by atoms with Crippen LogP contribution in [0.5, 0.6) is 0 Å². The third-order valence-electron chi connectivity index (χ3n) is 6.50. The Kier molecular flexibility index (Phi) is 2.77. The first kappa shape index (κ1) is 13.9. The maximum atomic E-state index is 13.0. The summed E-state index contributed by atoms with van der Waals surface area (Å²) in [5.74, 6) is 0.543. The van der Waals surface area contributed by atoms with Crippen LogP contribution >= 0.6 is 0 Å². The molecule has 4 heteroatoms. The van der Waals surface area contributed by atoms with Gasteiger partial charge in [-0.15, -0.1) is 0 Å². The topological polar surface area (TPSA) is 46.6 Å². The number of esters is 1. The van der Waals surface area contributed by atoms with Crippen LogP contribution in [0.2, 0.25) is 0 Å². The zero-order valence-corrected chi connectivity index (χ0v) is 13.0. The molecule has 0 aromatic carbocycles. The summed E-state index contributed by atoms with van der Waals surface area (Å²) >= 11 is 0. The van der Waals surface area contributed by atoms with E-state index < -0.39 is 16.4 Å². The van der Waals surface area contributed by atoms with Crippen LogP contribution in [-0.4, -0.2) is 35.5 Å². The Labute approximate surface area is 120 Å². The maximum absolute atomic E-state index is 13.0. The lowest BCUT2D eigenvalue weighted by atomic mass is 9.66. The van der Waals surface area contributed by atoms with Crippen molar-refractivity contribution in [1.82, 2.24) is 4.90 Å². The van der Waals surface area contributed by atoms with Gasteiger partial charge in [0.1, 0.15) is 0 Å². The van der Waals surface area contributed by atoms with Gasteiger partial charge in [-0.2, -0.15) is 0 Å². The minimum Gasteiger partial charge on any atom is -0.448 e. The Morgan fingerprint density at radius 1 is 1.20 bits per heavy atom. The fourth-order valence-corrected chi connectivity index (χ4v) is 4.19. The lowest BCUT2D eigenvalue weighted by molar-refractivity contribution is -0.174. The third-order valence-corrected chi connectivity index (χ3v) is 6.50. The van der Waals surface area contributed by atoms with Crippen LogP contribution in [0.3, 0.4) is 0 Å². The molecular weight excluding hydrogens is 254 g/mol. The van der Waals surface area contributed by atoms with E-state index in [2.05, 4.69) is 6.92 Å².